The van der Waals surface area contributed by atoms with E-state index in [4.69, 9.17) is 16.6 Å². The summed E-state index contributed by atoms with van der Waals surface area (Å²) in [7, 11) is 0. The van der Waals surface area contributed by atoms with Gasteiger partial charge in [-0.2, -0.15) is 5.10 Å². The molecule has 0 atom stereocenters. The molecule has 2 aromatic rings. The van der Waals surface area contributed by atoms with E-state index in [-0.39, 0.29) is 11.3 Å². The quantitative estimate of drug-likeness (QED) is 0.516. The van der Waals surface area contributed by atoms with Crippen LogP contribution >= 0.6 is 0 Å². The number of nitrogen functional groups attached to an aromatic ring is 1. The SMILES string of the molecule is CC(=N)n1nc(-c2cnc(C)c(N)c2)ccc1=N. The van der Waals surface area contributed by atoms with Crippen molar-refractivity contribution in [1.29, 1.82) is 10.8 Å². The number of hydrogen-bond acceptors (Lipinski definition) is 5. The summed E-state index contributed by atoms with van der Waals surface area (Å²) >= 11 is 0. The first-order valence-electron chi connectivity index (χ1n) is 5.42. The van der Waals surface area contributed by atoms with Crippen LogP contribution in [0.1, 0.15) is 12.6 Å². The van der Waals surface area contributed by atoms with E-state index in [1.54, 1.807) is 31.3 Å². The molecule has 0 aliphatic rings. The lowest BCUT2D eigenvalue weighted by Gasteiger charge is -2.07. The van der Waals surface area contributed by atoms with Crippen LogP contribution in [0.25, 0.3) is 11.3 Å². The highest BCUT2D eigenvalue weighted by Gasteiger charge is 2.05. The lowest BCUT2D eigenvalue weighted by Crippen LogP contribution is -2.26. The van der Waals surface area contributed by atoms with E-state index in [1.807, 2.05) is 6.92 Å². The van der Waals surface area contributed by atoms with Gasteiger partial charge in [0.2, 0.25) is 0 Å². The third-order valence-electron chi connectivity index (χ3n) is 2.57. The Bertz CT molecular complexity index is 671. The molecule has 4 N–H and O–H groups in total. The van der Waals surface area contributed by atoms with E-state index in [0.717, 1.165) is 11.3 Å². The van der Waals surface area contributed by atoms with Gasteiger partial charge in [-0.05, 0) is 32.0 Å². The van der Waals surface area contributed by atoms with Crippen LogP contribution < -0.4 is 11.2 Å². The molecule has 0 amide bonds. The summed E-state index contributed by atoms with van der Waals surface area (Å²) in [4.78, 5) is 4.18. The Balaban J connectivity index is 2.57. The number of nitrogens with one attached hydrogen (secondary N) is 2. The Kier molecular flexibility index (Phi) is 2.93. The Morgan fingerprint density at radius 1 is 1.39 bits per heavy atom. The van der Waals surface area contributed by atoms with Gasteiger partial charge in [-0.1, -0.05) is 0 Å². The van der Waals surface area contributed by atoms with Crippen molar-refractivity contribution in [3.8, 4) is 11.3 Å². The average Bonchev–Trinajstić information content (AvgIpc) is 2.33. The van der Waals surface area contributed by atoms with Crippen molar-refractivity contribution in [1.82, 2.24) is 14.8 Å². The van der Waals surface area contributed by atoms with Crippen LogP contribution in [0, 0.1) is 17.7 Å². The molecular weight excluding hydrogens is 228 g/mol. The highest BCUT2D eigenvalue weighted by atomic mass is 15.3. The Morgan fingerprint density at radius 2 is 2.11 bits per heavy atom. The lowest BCUT2D eigenvalue weighted by atomic mass is 10.1. The van der Waals surface area contributed by atoms with Crippen molar-refractivity contribution in [2.75, 3.05) is 5.73 Å². The van der Waals surface area contributed by atoms with Gasteiger partial charge in [0.25, 0.3) is 0 Å². The first-order chi connectivity index (χ1) is 8.49. The van der Waals surface area contributed by atoms with Gasteiger partial charge in [0.15, 0.2) is 0 Å². The molecule has 92 valence electrons. The van der Waals surface area contributed by atoms with E-state index in [2.05, 4.69) is 10.1 Å². The second-order valence-electron chi connectivity index (χ2n) is 4.00. The van der Waals surface area contributed by atoms with Crippen molar-refractivity contribution in [3.63, 3.8) is 0 Å². The van der Waals surface area contributed by atoms with E-state index in [0.29, 0.717) is 11.4 Å². The molecular formula is C12H14N6. The van der Waals surface area contributed by atoms with Gasteiger partial charge in [-0.25, -0.2) is 4.68 Å². The third-order valence-corrected chi connectivity index (χ3v) is 2.57. The summed E-state index contributed by atoms with van der Waals surface area (Å²) in [5.74, 6) is 0.190. The number of aryl methyl sites for hydroxylation is 1. The maximum Gasteiger partial charge on any atom is 0.148 e. The first-order valence-corrected chi connectivity index (χ1v) is 5.42. The van der Waals surface area contributed by atoms with Crippen molar-refractivity contribution in [2.24, 2.45) is 0 Å². The van der Waals surface area contributed by atoms with Crippen LogP contribution in [0.4, 0.5) is 5.69 Å². The van der Waals surface area contributed by atoms with Crippen LogP contribution in [0.2, 0.25) is 0 Å². The minimum Gasteiger partial charge on any atom is -0.397 e. The van der Waals surface area contributed by atoms with E-state index in [1.165, 1.54) is 4.68 Å². The number of nitrogens with two attached hydrogens (primary N) is 1. The average molecular weight is 242 g/mol. The van der Waals surface area contributed by atoms with Gasteiger partial charge in [0.05, 0.1) is 17.1 Å². The fraction of sp³-hybridized carbons (Fsp3) is 0.167. The fourth-order valence-electron chi connectivity index (χ4n) is 1.52. The van der Waals surface area contributed by atoms with Crippen molar-refractivity contribution >= 4 is 11.5 Å². The van der Waals surface area contributed by atoms with Gasteiger partial charge in [-0.15, -0.1) is 0 Å². The van der Waals surface area contributed by atoms with Crippen molar-refractivity contribution in [3.05, 3.63) is 35.6 Å². The lowest BCUT2D eigenvalue weighted by molar-refractivity contribution is 0.810. The Labute approximate surface area is 104 Å². The van der Waals surface area contributed by atoms with Crippen LogP contribution in [0.3, 0.4) is 0 Å². The number of aromatic nitrogens is 3. The zero-order valence-electron chi connectivity index (χ0n) is 10.2. The molecule has 0 aliphatic heterocycles. The minimum absolute atomic E-state index is 0.166. The predicted octanol–water partition coefficient (Wildman–Crippen LogP) is 1.16. The van der Waals surface area contributed by atoms with Crippen molar-refractivity contribution < 1.29 is 0 Å². The molecule has 0 fully saturated rings. The molecule has 2 aromatic heterocycles. The van der Waals surface area contributed by atoms with Gasteiger partial charge < -0.3 is 5.73 Å². The summed E-state index contributed by atoms with van der Waals surface area (Å²) in [6.07, 6.45) is 1.68. The van der Waals surface area contributed by atoms with Crippen LogP contribution in [0.15, 0.2) is 24.4 Å². The third kappa shape index (κ3) is 2.13. The molecule has 0 bridgehead atoms. The molecule has 6 nitrogen and oxygen atoms in total. The number of nitrogens with zero attached hydrogens (tertiary/aromatic N) is 3. The summed E-state index contributed by atoms with van der Waals surface area (Å²) in [5.41, 5.74) is 8.75. The molecule has 0 aromatic carbocycles. The molecule has 18 heavy (non-hydrogen) atoms. The number of pyridine rings is 1. The maximum absolute atomic E-state index is 7.66. The van der Waals surface area contributed by atoms with Crippen molar-refractivity contribution in [2.45, 2.75) is 13.8 Å². The van der Waals surface area contributed by atoms with E-state index >= 15 is 0 Å². The molecule has 0 unspecified atom stereocenters. The molecule has 0 aliphatic carbocycles. The highest BCUT2D eigenvalue weighted by Crippen LogP contribution is 2.18. The topological polar surface area (TPSA) is 104 Å². The molecule has 0 spiro atoms. The van der Waals surface area contributed by atoms with Gasteiger partial charge >= 0.3 is 0 Å². The number of hydrogen-bond donors (Lipinski definition) is 3. The predicted molar refractivity (Wildman–Crippen MR) is 69.3 cm³/mol. The van der Waals surface area contributed by atoms with Gasteiger partial charge in [-0.3, -0.25) is 15.8 Å². The van der Waals surface area contributed by atoms with Crippen LogP contribution in [-0.2, 0) is 0 Å². The molecule has 0 radical (unpaired) electrons. The fourth-order valence-corrected chi connectivity index (χ4v) is 1.52. The zero-order chi connectivity index (χ0) is 13.3. The van der Waals surface area contributed by atoms with E-state index in [9.17, 15) is 0 Å². The molecule has 6 heteroatoms. The number of rotatable bonds is 1. The van der Waals surface area contributed by atoms with Crippen LogP contribution in [0.5, 0.6) is 0 Å². The van der Waals surface area contributed by atoms with Gasteiger partial charge in [0, 0.05) is 11.8 Å². The number of anilines is 1. The summed E-state index contributed by atoms with van der Waals surface area (Å²) in [6, 6.07) is 5.10. The maximum atomic E-state index is 7.66. The normalized spacial score (nSPS) is 10.3. The standard InChI is InChI=1S/C12H14N6/c1-7-10(14)5-9(6-16-7)11-3-4-12(15)18(17-11)8(2)13/h3-6,13,15H,14H2,1-2H3. The summed E-state index contributed by atoms with van der Waals surface area (Å²) in [5, 5.41) is 19.4. The van der Waals surface area contributed by atoms with Crippen LogP contribution in [-0.4, -0.2) is 20.6 Å². The Hall–Kier alpha value is -2.50. The largest absolute Gasteiger partial charge is 0.397 e. The molecule has 0 saturated carbocycles. The minimum atomic E-state index is 0.166. The summed E-state index contributed by atoms with van der Waals surface area (Å²) < 4.78 is 1.26. The van der Waals surface area contributed by atoms with E-state index < -0.39 is 0 Å². The smallest absolute Gasteiger partial charge is 0.148 e. The molecule has 0 saturated heterocycles. The Morgan fingerprint density at radius 3 is 2.72 bits per heavy atom. The highest BCUT2D eigenvalue weighted by molar-refractivity contribution is 5.78. The van der Waals surface area contributed by atoms with Gasteiger partial charge in [0.1, 0.15) is 11.3 Å². The summed E-state index contributed by atoms with van der Waals surface area (Å²) in [6.45, 7) is 3.41. The zero-order valence-corrected chi connectivity index (χ0v) is 10.2. The second-order valence-corrected chi connectivity index (χ2v) is 4.00. The first kappa shape index (κ1) is 12.0. The monoisotopic (exact) mass is 242 g/mol. The molecule has 2 rings (SSSR count). The molecule has 2 heterocycles. The second kappa shape index (κ2) is 4.40.